The highest BCUT2D eigenvalue weighted by atomic mass is 19.3. The van der Waals surface area contributed by atoms with Gasteiger partial charge in [0.2, 0.25) is 0 Å². The Morgan fingerprint density at radius 2 is 1.19 bits per heavy atom. The number of hydrogen-bond donors (Lipinski definition) is 0. The minimum Gasteiger partial charge on any atom is -0.378 e. The van der Waals surface area contributed by atoms with Crippen molar-refractivity contribution in [2.45, 2.75) is 141 Å². The molecule has 2 unspecified atom stereocenters. The van der Waals surface area contributed by atoms with Crippen LogP contribution >= 0.6 is 0 Å². The third kappa shape index (κ3) is 9.77. The molecule has 0 bridgehead atoms. The largest absolute Gasteiger partial charge is 0.378 e. The van der Waals surface area contributed by atoms with E-state index >= 15 is 0 Å². The van der Waals surface area contributed by atoms with Crippen LogP contribution in [0.5, 0.6) is 0 Å². The molecule has 0 amide bonds. The summed E-state index contributed by atoms with van der Waals surface area (Å²) in [6.07, 6.45) is 31.5. The normalized spacial score (nSPS) is 37.5. The molecule has 0 radical (unpaired) electrons. The van der Waals surface area contributed by atoms with Gasteiger partial charge < -0.3 is 4.74 Å². The summed E-state index contributed by atoms with van der Waals surface area (Å²) in [6, 6.07) is 0. The van der Waals surface area contributed by atoms with Crippen molar-refractivity contribution in [3.63, 3.8) is 0 Å². The molecule has 4 aliphatic rings. The van der Waals surface area contributed by atoms with Gasteiger partial charge in [0.15, 0.2) is 0 Å². The van der Waals surface area contributed by atoms with Gasteiger partial charge in [0.1, 0.15) is 0 Å². The second-order valence-electron chi connectivity index (χ2n) is 13.4. The molecule has 3 saturated carbocycles. The molecule has 37 heavy (non-hydrogen) atoms. The molecule has 4 fully saturated rings. The second kappa shape index (κ2) is 15.8. The fourth-order valence-electron chi connectivity index (χ4n) is 8.60. The average Bonchev–Trinajstić information content (AvgIpc) is 2.93. The molecule has 3 heteroatoms. The number of halogens is 2. The highest BCUT2D eigenvalue weighted by Gasteiger charge is 2.32. The lowest BCUT2D eigenvalue weighted by atomic mass is 9.68. The monoisotopic (exact) mass is 518 g/mol. The molecule has 1 saturated heterocycles. The van der Waals surface area contributed by atoms with Crippen molar-refractivity contribution >= 4 is 0 Å². The second-order valence-corrected chi connectivity index (χ2v) is 13.4. The zero-order valence-corrected chi connectivity index (χ0v) is 23.9. The third-order valence-electron chi connectivity index (χ3n) is 11.0. The molecule has 1 heterocycles. The molecule has 0 aromatic carbocycles. The molecule has 1 aliphatic heterocycles. The van der Waals surface area contributed by atoms with Gasteiger partial charge >= 0.3 is 0 Å². The summed E-state index contributed by atoms with van der Waals surface area (Å²) in [5.74, 6) is 6.14. The summed E-state index contributed by atoms with van der Waals surface area (Å²) < 4.78 is 30.7. The smallest absolute Gasteiger partial charge is 0.266 e. The van der Waals surface area contributed by atoms with Gasteiger partial charge in [-0.25, -0.2) is 0 Å². The lowest BCUT2D eigenvalue weighted by molar-refractivity contribution is -0.0594. The van der Waals surface area contributed by atoms with Crippen LogP contribution in [0.25, 0.3) is 0 Å². The number of rotatable bonds is 11. The summed E-state index contributed by atoms with van der Waals surface area (Å²) in [4.78, 5) is 0. The highest BCUT2D eigenvalue weighted by molar-refractivity contribution is 4.91. The molecule has 212 valence electrons. The minimum absolute atomic E-state index is 0.434. The predicted octanol–water partition coefficient (Wildman–Crippen LogP) is 10.9. The van der Waals surface area contributed by atoms with E-state index in [9.17, 15) is 8.78 Å². The van der Waals surface area contributed by atoms with Crippen LogP contribution in [0.2, 0.25) is 0 Å². The van der Waals surface area contributed by atoms with E-state index in [0.29, 0.717) is 18.4 Å². The summed E-state index contributed by atoms with van der Waals surface area (Å²) in [6.45, 7) is 2.96. The molecule has 1 nitrogen and oxygen atoms in total. The van der Waals surface area contributed by atoms with Crippen LogP contribution < -0.4 is 0 Å². The standard InChI is InChI=1S/C34H56F2O/c1-2-6-26-11-18-30(19-12-26)31-20-13-27(14-21-31)7-3-4-8-28-15-22-32(23-16-28)33-24-17-29(25-37-33)9-5-10-34(35)36/h2,6,10,26-33H,3-5,7-9,11-25H2,1H3. The van der Waals surface area contributed by atoms with Crippen molar-refractivity contribution in [3.8, 4) is 0 Å². The first kappa shape index (κ1) is 29.3. The molecular weight excluding hydrogens is 462 g/mol. The Morgan fingerprint density at radius 3 is 1.70 bits per heavy atom. The molecule has 0 aromatic heterocycles. The Kier molecular flexibility index (Phi) is 12.5. The van der Waals surface area contributed by atoms with Crippen molar-refractivity contribution in [1.29, 1.82) is 0 Å². The van der Waals surface area contributed by atoms with Gasteiger partial charge in [-0.05, 0) is 131 Å². The van der Waals surface area contributed by atoms with Crippen LogP contribution in [0, 0.1) is 41.4 Å². The van der Waals surface area contributed by atoms with E-state index in [0.717, 1.165) is 67.5 Å². The first-order valence-electron chi connectivity index (χ1n) is 16.4. The SMILES string of the molecule is CC=CC1CCC(C2CCC(CCCCC3CCC(C4CCC(CCC=C(F)F)CO4)CC3)CC2)CC1. The van der Waals surface area contributed by atoms with Crippen LogP contribution in [0.3, 0.4) is 0 Å². The van der Waals surface area contributed by atoms with Gasteiger partial charge in [-0.2, -0.15) is 8.78 Å². The van der Waals surface area contributed by atoms with E-state index in [4.69, 9.17) is 4.74 Å². The Bertz CT molecular complexity index is 666. The Labute approximate surface area is 227 Å². The summed E-state index contributed by atoms with van der Waals surface area (Å²) in [5.41, 5.74) is 0. The average molecular weight is 519 g/mol. The molecule has 4 rings (SSSR count). The number of hydrogen-bond acceptors (Lipinski definition) is 1. The van der Waals surface area contributed by atoms with Gasteiger partial charge in [-0.1, -0.05) is 63.5 Å². The van der Waals surface area contributed by atoms with E-state index in [1.165, 1.54) is 103 Å². The topological polar surface area (TPSA) is 9.23 Å². The van der Waals surface area contributed by atoms with Crippen molar-refractivity contribution < 1.29 is 13.5 Å². The lowest BCUT2D eigenvalue weighted by Crippen LogP contribution is -2.34. The van der Waals surface area contributed by atoms with Crippen molar-refractivity contribution in [3.05, 3.63) is 24.3 Å². The van der Waals surface area contributed by atoms with E-state index in [-0.39, 0.29) is 0 Å². The quantitative estimate of drug-likeness (QED) is 0.195. The Balaban J connectivity index is 1.01. The van der Waals surface area contributed by atoms with E-state index in [2.05, 4.69) is 19.1 Å². The number of ether oxygens (including phenoxy) is 1. The van der Waals surface area contributed by atoms with Crippen LogP contribution in [0.4, 0.5) is 8.78 Å². The highest BCUT2D eigenvalue weighted by Crippen LogP contribution is 2.43. The maximum atomic E-state index is 12.2. The van der Waals surface area contributed by atoms with Gasteiger partial charge in [0, 0.05) is 6.61 Å². The number of unbranched alkanes of at least 4 members (excludes halogenated alkanes) is 1. The Morgan fingerprint density at radius 1 is 0.649 bits per heavy atom. The van der Waals surface area contributed by atoms with Crippen molar-refractivity contribution in [2.75, 3.05) is 6.61 Å². The van der Waals surface area contributed by atoms with E-state index in [1.807, 2.05) is 0 Å². The predicted molar refractivity (Wildman–Crippen MR) is 152 cm³/mol. The van der Waals surface area contributed by atoms with Crippen molar-refractivity contribution in [1.82, 2.24) is 0 Å². The molecule has 0 spiro atoms. The fourth-order valence-corrected chi connectivity index (χ4v) is 8.60. The maximum absolute atomic E-state index is 12.2. The van der Waals surface area contributed by atoms with Crippen molar-refractivity contribution in [2.24, 2.45) is 41.4 Å². The molecule has 2 atom stereocenters. The summed E-state index contributed by atoms with van der Waals surface area (Å²) in [5, 5.41) is 0. The third-order valence-corrected chi connectivity index (χ3v) is 11.0. The van der Waals surface area contributed by atoms with E-state index < -0.39 is 6.08 Å². The number of allylic oxidation sites excluding steroid dienone is 3. The van der Waals surface area contributed by atoms with Crippen LogP contribution in [0.15, 0.2) is 24.3 Å². The van der Waals surface area contributed by atoms with Gasteiger partial charge in [-0.3, -0.25) is 0 Å². The zero-order valence-electron chi connectivity index (χ0n) is 23.9. The van der Waals surface area contributed by atoms with Gasteiger partial charge in [0.25, 0.3) is 6.08 Å². The molecule has 0 N–H and O–H groups in total. The molecular formula is C34H56F2O. The first-order valence-corrected chi connectivity index (χ1v) is 16.4. The Hall–Kier alpha value is -0.700. The van der Waals surface area contributed by atoms with Gasteiger partial charge in [0.05, 0.1) is 6.10 Å². The summed E-state index contributed by atoms with van der Waals surface area (Å²) in [7, 11) is 0. The van der Waals surface area contributed by atoms with Crippen LogP contribution in [0.1, 0.15) is 135 Å². The zero-order chi connectivity index (χ0) is 25.9. The van der Waals surface area contributed by atoms with Gasteiger partial charge in [-0.15, -0.1) is 0 Å². The maximum Gasteiger partial charge on any atom is 0.266 e. The van der Waals surface area contributed by atoms with Crippen LogP contribution in [-0.4, -0.2) is 12.7 Å². The lowest BCUT2D eigenvalue weighted by Gasteiger charge is -2.38. The minimum atomic E-state index is -1.54. The van der Waals surface area contributed by atoms with E-state index in [1.54, 1.807) is 0 Å². The first-order chi connectivity index (χ1) is 18.1. The molecule has 0 aromatic rings. The van der Waals surface area contributed by atoms with Crippen LogP contribution in [-0.2, 0) is 4.74 Å². The summed E-state index contributed by atoms with van der Waals surface area (Å²) >= 11 is 0. The fraction of sp³-hybridized carbons (Fsp3) is 0.882. The molecule has 3 aliphatic carbocycles.